The number of carboxylic acids is 1. The van der Waals surface area contributed by atoms with Crippen LogP contribution in [0.15, 0.2) is 12.1 Å². The predicted molar refractivity (Wildman–Crippen MR) is 61.1 cm³/mol. The molecule has 0 fully saturated rings. The third kappa shape index (κ3) is 3.10. The van der Waals surface area contributed by atoms with E-state index in [1.54, 1.807) is 6.07 Å². The highest BCUT2D eigenvalue weighted by Crippen LogP contribution is 2.20. The van der Waals surface area contributed by atoms with Gasteiger partial charge in [0.1, 0.15) is 0 Å². The van der Waals surface area contributed by atoms with Gasteiger partial charge in [0, 0.05) is 6.07 Å². The van der Waals surface area contributed by atoms with Crippen LogP contribution in [-0.2, 0) is 0 Å². The summed E-state index contributed by atoms with van der Waals surface area (Å²) in [6.07, 6.45) is -0.0321. The van der Waals surface area contributed by atoms with Crippen molar-refractivity contribution < 1.29 is 14.6 Å². The minimum Gasteiger partial charge on any atom is -0.476 e. The highest BCUT2D eigenvalue weighted by molar-refractivity contribution is 6.33. The van der Waals surface area contributed by atoms with Gasteiger partial charge in [0.2, 0.25) is 5.88 Å². The average molecular weight is 244 g/mol. The van der Waals surface area contributed by atoms with Gasteiger partial charge in [-0.25, -0.2) is 9.78 Å². The SMILES string of the molecule is CC(C)C(C)Oc1ccc(Cl)c(C(=O)O)n1. The van der Waals surface area contributed by atoms with Crippen molar-refractivity contribution in [1.29, 1.82) is 0 Å². The topological polar surface area (TPSA) is 59.4 Å². The Morgan fingerprint density at radius 2 is 2.06 bits per heavy atom. The predicted octanol–water partition coefficient (Wildman–Crippen LogP) is 2.86. The molecule has 0 spiro atoms. The van der Waals surface area contributed by atoms with Crippen molar-refractivity contribution >= 4 is 17.6 Å². The molecule has 0 saturated heterocycles. The molecule has 0 amide bonds. The lowest BCUT2D eigenvalue weighted by atomic mass is 10.1. The molecule has 1 aromatic heterocycles. The van der Waals surface area contributed by atoms with Crippen LogP contribution >= 0.6 is 11.6 Å². The summed E-state index contributed by atoms with van der Waals surface area (Å²) in [6, 6.07) is 3.04. The van der Waals surface area contributed by atoms with Crippen molar-refractivity contribution in [3.63, 3.8) is 0 Å². The van der Waals surface area contributed by atoms with E-state index in [9.17, 15) is 4.79 Å². The number of halogens is 1. The molecule has 0 radical (unpaired) electrons. The first kappa shape index (κ1) is 12.8. The second-order valence-corrected chi connectivity index (χ2v) is 4.26. The Kier molecular flexibility index (Phi) is 4.12. The smallest absolute Gasteiger partial charge is 0.356 e. The van der Waals surface area contributed by atoms with Crippen LogP contribution in [-0.4, -0.2) is 22.2 Å². The number of ether oxygens (including phenoxy) is 1. The molecule has 16 heavy (non-hydrogen) atoms. The summed E-state index contributed by atoms with van der Waals surface area (Å²) >= 11 is 5.69. The molecule has 88 valence electrons. The fourth-order valence-corrected chi connectivity index (χ4v) is 1.15. The number of hydrogen-bond acceptors (Lipinski definition) is 3. The molecule has 0 bridgehead atoms. The van der Waals surface area contributed by atoms with Crippen LogP contribution < -0.4 is 4.74 Å². The number of aromatic carboxylic acids is 1. The Morgan fingerprint density at radius 1 is 1.44 bits per heavy atom. The zero-order chi connectivity index (χ0) is 12.3. The van der Waals surface area contributed by atoms with Gasteiger partial charge >= 0.3 is 5.97 Å². The van der Waals surface area contributed by atoms with E-state index in [0.717, 1.165) is 0 Å². The summed E-state index contributed by atoms with van der Waals surface area (Å²) in [5.41, 5.74) is -0.185. The van der Waals surface area contributed by atoms with E-state index < -0.39 is 5.97 Å². The molecule has 0 aliphatic rings. The highest BCUT2D eigenvalue weighted by atomic mass is 35.5. The number of carboxylic acid groups (broad SMARTS) is 1. The van der Waals surface area contributed by atoms with E-state index in [4.69, 9.17) is 21.4 Å². The van der Waals surface area contributed by atoms with E-state index in [2.05, 4.69) is 4.98 Å². The molecular formula is C11H14ClNO3. The Balaban J connectivity index is 2.91. The van der Waals surface area contributed by atoms with E-state index in [0.29, 0.717) is 5.92 Å². The summed E-state index contributed by atoms with van der Waals surface area (Å²) in [6.45, 7) is 5.93. The molecule has 1 aromatic rings. The third-order valence-electron chi connectivity index (χ3n) is 2.27. The summed E-state index contributed by atoms with van der Waals surface area (Å²) in [4.78, 5) is 14.6. The number of carbonyl (C=O) groups is 1. The summed E-state index contributed by atoms with van der Waals surface area (Å²) in [7, 11) is 0. The standard InChI is InChI=1S/C11H14ClNO3/c1-6(2)7(3)16-9-5-4-8(12)10(13-9)11(14)15/h4-7H,1-3H3,(H,14,15). The van der Waals surface area contributed by atoms with Crippen molar-refractivity contribution in [1.82, 2.24) is 4.98 Å². The van der Waals surface area contributed by atoms with Crippen LogP contribution in [0.25, 0.3) is 0 Å². The zero-order valence-corrected chi connectivity index (χ0v) is 10.2. The first-order valence-corrected chi connectivity index (χ1v) is 5.36. The van der Waals surface area contributed by atoms with Crippen LogP contribution in [0.4, 0.5) is 0 Å². The maximum Gasteiger partial charge on any atom is 0.356 e. The molecular weight excluding hydrogens is 230 g/mol. The fraction of sp³-hybridized carbons (Fsp3) is 0.455. The molecule has 5 heteroatoms. The number of aromatic nitrogens is 1. The van der Waals surface area contributed by atoms with Crippen molar-refractivity contribution in [3.05, 3.63) is 22.8 Å². The second kappa shape index (κ2) is 5.16. The van der Waals surface area contributed by atoms with Gasteiger partial charge in [0.05, 0.1) is 11.1 Å². The van der Waals surface area contributed by atoms with Gasteiger partial charge < -0.3 is 9.84 Å². The minimum atomic E-state index is -1.16. The number of nitrogens with zero attached hydrogens (tertiary/aromatic N) is 1. The maximum absolute atomic E-state index is 10.8. The molecule has 1 N–H and O–H groups in total. The van der Waals surface area contributed by atoms with Crippen molar-refractivity contribution in [2.75, 3.05) is 0 Å². The Hall–Kier alpha value is -1.29. The minimum absolute atomic E-state index is 0.0321. The average Bonchev–Trinajstić information content (AvgIpc) is 2.20. The highest BCUT2D eigenvalue weighted by Gasteiger charge is 2.14. The Morgan fingerprint density at radius 3 is 2.56 bits per heavy atom. The van der Waals surface area contributed by atoms with Gasteiger partial charge in [-0.3, -0.25) is 0 Å². The molecule has 1 heterocycles. The zero-order valence-electron chi connectivity index (χ0n) is 9.40. The molecule has 0 aliphatic carbocycles. The van der Waals surface area contributed by atoms with E-state index in [-0.39, 0.29) is 22.7 Å². The maximum atomic E-state index is 10.8. The van der Waals surface area contributed by atoms with Crippen molar-refractivity contribution in [2.45, 2.75) is 26.9 Å². The van der Waals surface area contributed by atoms with Crippen LogP contribution in [0.3, 0.4) is 0 Å². The van der Waals surface area contributed by atoms with Crippen molar-refractivity contribution in [3.8, 4) is 5.88 Å². The Labute approximate surface area is 99.2 Å². The fourth-order valence-electron chi connectivity index (χ4n) is 0.966. The normalized spacial score (nSPS) is 12.6. The van der Waals surface area contributed by atoms with Gasteiger partial charge in [-0.2, -0.15) is 0 Å². The van der Waals surface area contributed by atoms with Crippen LogP contribution in [0.5, 0.6) is 5.88 Å². The monoisotopic (exact) mass is 243 g/mol. The lowest BCUT2D eigenvalue weighted by molar-refractivity contribution is 0.0688. The van der Waals surface area contributed by atoms with E-state index in [1.807, 2.05) is 20.8 Å². The molecule has 1 rings (SSSR count). The van der Waals surface area contributed by atoms with Gasteiger partial charge in [-0.05, 0) is 18.9 Å². The first-order chi connectivity index (χ1) is 7.41. The van der Waals surface area contributed by atoms with Crippen molar-refractivity contribution in [2.24, 2.45) is 5.92 Å². The first-order valence-electron chi connectivity index (χ1n) is 4.98. The molecule has 0 aromatic carbocycles. The molecule has 0 saturated carbocycles. The lowest BCUT2D eigenvalue weighted by Crippen LogP contribution is -2.19. The summed E-state index contributed by atoms with van der Waals surface area (Å²) < 4.78 is 5.49. The molecule has 1 unspecified atom stereocenters. The molecule has 1 atom stereocenters. The van der Waals surface area contributed by atoms with Gasteiger partial charge in [0.15, 0.2) is 5.69 Å². The summed E-state index contributed by atoms with van der Waals surface area (Å²) in [5, 5.41) is 8.94. The van der Waals surface area contributed by atoms with Crippen LogP contribution in [0.2, 0.25) is 5.02 Å². The number of rotatable bonds is 4. The van der Waals surface area contributed by atoms with Crippen LogP contribution in [0, 0.1) is 5.92 Å². The third-order valence-corrected chi connectivity index (χ3v) is 2.57. The van der Waals surface area contributed by atoms with Gasteiger partial charge in [-0.15, -0.1) is 0 Å². The largest absolute Gasteiger partial charge is 0.476 e. The quantitative estimate of drug-likeness (QED) is 0.883. The number of hydrogen-bond donors (Lipinski definition) is 1. The molecule has 0 aliphatic heterocycles. The van der Waals surface area contributed by atoms with E-state index in [1.165, 1.54) is 6.07 Å². The Bertz CT molecular complexity index is 393. The van der Waals surface area contributed by atoms with Gasteiger partial charge in [0.25, 0.3) is 0 Å². The van der Waals surface area contributed by atoms with Gasteiger partial charge in [-0.1, -0.05) is 25.4 Å². The number of pyridine rings is 1. The van der Waals surface area contributed by atoms with E-state index >= 15 is 0 Å². The second-order valence-electron chi connectivity index (χ2n) is 3.85. The van der Waals surface area contributed by atoms with Crippen LogP contribution in [0.1, 0.15) is 31.3 Å². The lowest BCUT2D eigenvalue weighted by Gasteiger charge is -2.17. The molecule has 4 nitrogen and oxygen atoms in total. The summed E-state index contributed by atoms with van der Waals surface area (Å²) in [5.74, 6) is -0.554.